The molecule has 30 heavy (non-hydrogen) atoms. The third kappa shape index (κ3) is 3.84. The molecule has 0 aromatic heterocycles. The molecule has 3 aliphatic heterocycles. The van der Waals surface area contributed by atoms with Gasteiger partial charge in [-0.2, -0.15) is 0 Å². The Kier molecular flexibility index (Phi) is 6.07. The molecule has 4 rings (SSSR count). The number of hydrogen-bond donors (Lipinski definition) is 1. The van der Waals surface area contributed by atoms with Crippen molar-refractivity contribution < 1.29 is 27.9 Å². The molecule has 1 aromatic rings. The van der Waals surface area contributed by atoms with Crippen molar-refractivity contribution in [1.82, 2.24) is 9.80 Å². The van der Waals surface area contributed by atoms with E-state index in [1.807, 2.05) is 0 Å². The Balaban J connectivity index is 1.54. The van der Waals surface area contributed by atoms with Crippen molar-refractivity contribution in [1.29, 1.82) is 0 Å². The van der Waals surface area contributed by atoms with Crippen LogP contribution in [0.3, 0.4) is 0 Å². The zero-order valence-corrected chi connectivity index (χ0v) is 18.0. The molecule has 1 N–H and O–H groups in total. The maximum absolute atomic E-state index is 13.2. The second-order valence-corrected chi connectivity index (χ2v) is 10.7. The summed E-state index contributed by atoms with van der Waals surface area (Å²) in [5.41, 5.74) is 0. The van der Waals surface area contributed by atoms with Gasteiger partial charge in [0.25, 0.3) is 0 Å². The number of rotatable bonds is 5. The summed E-state index contributed by atoms with van der Waals surface area (Å²) in [6.07, 6.45) is 2.20. The molecule has 3 saturated heterocycles. The van der Waals surface area contributed by atoms with Gasteiger partial charge in [0, 0.05) is 32.3 Å². The second kappa shape index (κ2) is 8.45. The molecule has 3 aliphatic rings. The van der Waals surface area contributed by atoms with Crippen molar-refractivity contribution in [3.63, 3.8) is 0 Å². The van der Waals surface area contributed by atoms with Crippen molar-refractivity contribution in [3.05, 3.63) is 29.3 Å². The van der Waals surface area contributed by atoms with Crippen molar-refractivity contribution in [2.45, 2.75) is 54.0 Å². The number of carbonyl (C=O) groups excluding carboxylic acids is 1. The molecule has 3 atom stereocenters. The minimum Gasteiger partial charge on any atom is -0.480 e. The van der Waals surface area contributed by atoms with E-state index in [9.17, 15) is 23.1 Å². The van der Waals surface area contributed by atoms with E-state index in [2.05, 4.69) is 4.90 Å². The van der Waals surface area contributed by atoms with Crippen LogP contribution in [0.15, 0.2) is 29.2 Å². The standard InChI is InChI=1S/C20H25ClN2O6S/c21-15-3-1-2-4-18(15)30(27,28)14-11-17(20(25)26)23(12-14)19(24)16-5-8-22(16)13-6-9-29-10-7-13/h1-4,13-14,16-17H,5-12H2,(H,25,26)/t14-,16?,17+/m1/s1. The van der Waals surface area contributed by atoms with E-state index in [1.165, 1.54) is 17.0 Å². The van der Waals surface area contributed by atoms with Gasteiger partial charge < -0.3 is 14.7 Å². The maximum Gasteiger partial charge on any atom is 0.326 e. The summed E-state index contributed by atoms with van der Waals surface area (Å²) in [7, 11) is -3.87. The predicted molar refractivity (Wildman–Crippen MR) is 109 cm³/mol. The van der Waals surface area contributed by atoms with E-state index in [-0.39, 0.29) is 34.8 Å². The fourth-order valence-electron chi connectivity index (χ4n) is 4.67. The number of carboxylic acid groups (broad SMARTS) is 1. The molecule has 0 radical (unpaired) electrons. The highest BCUT2D eigenvalue weighted by molar-refractivity contribution is 7.92. The van der Waals surface area contributed by atoms with Crippen molar-refractivity contribution in [2.24, 2.45) is 0 Å². The molecule has 1 amide bonds. The number of aliphatic carboxylic acids is 1. The van der Waals surface area contributed by atoms with Crippen LogP contribution in [-0.2, 0) is 24.2 Å². The van der Waals surface area contributed by atoms with Crippen LogP contribution in [0, 0.1) is 0 Å². The maximum atomic E-state index is 13.2. The van der Waals surface area contributed by atoms with E-state index in [4.69, 9.17) is 16.3 Å². The minimum atomic E-state index is -3.87. The zero-order chi connectivity index (χ0) is 21.5. The Labute approximate surface area is 180 Å². The topological polar surface area (TPSA) is 104 Å². The molecular formula is C20H25ClN2O6S. The highest BCUT2D eigenvalue weighted by Gasteiger charge is 2.50. The normalized spacial score (nSPS) is 28.3. The van der Waals surface area contributed by atoms with Gasteiger partial charge in [-0.15, -0.1) is 0 Å². The van der Waals surface area contributed by atoms with Crippen LogP contribution in [0.25, 0.3) is 0 Å². The second-order valence-electron chi connectivity index (χ2n) is 8.06. The van der Waals surface area contributed by atoms with E-state index in [0.29, 0.717) is 19.6 Å². The molecule has 1 aromatic carbocycles. The number of carboxylic acids is 1. The summed E-state index contributed by atoms with van der Waals surface area (Å²) in [5, 5.41) is 8.78. The van der Waals surface area contributed by atoms with Gasteiger partial charge in [0.1, 0.15) is 6.04 Å². The predicted octanol–water partition coefficient (Wildman–Crippen LogP) is 1.42. The Morgan fingerprint density at radius 2 is 1.80 bits per heavy atom. The Hall–Kier alpha value is -1.68. The van der Waals surface area contributed by atoms with Crippen LogP contribution in [-0.4, -0.2) is 84.9 Å². The number of likely N-dealkylation sites (tertiary alicyclic amines) is 2. The van der Waals surface area contributed by atoms with Crippen molar-refractivity contribution in [3.8, 4) is 0 Å². The molecule has 10 heteroatoms. The van der Waals surface area contributed by atoms with Gasteiger partial charge in [0.05, 0.1) is 21.2 Å². The number of benzene rings is 1. The number of sulfone groups is 1. The van der Waals surface area contributed by atoms with E-state index in [0.717, 1.165) is 19.4 Å². The van der Waals surface area contributed by atoms with Gasteiger partial charge in [-0.25, -0.2) is 13.2 Å². The first-order chi connectivity index (χ1) is 14.3. The molecule has 164 valence electrons. The smallest absolute Gasteiger partial charge is 0.326 e. The van der Waals surface area contributed by atoms with Gasteiger partial charge in [-0.3, -0.25) is 9.69 Å². The number of nitrogens with zero attached hydrogens (tertiary/aromatic N) is 2. The lowest BCUT2D eigenvalue weighted by Crippen LogP contribution is -2.62. The third-order valence-electron chi connectivity index (χ3n) is 6.42. The number of amides is 1. The molecule has 0 bridgehead atoms. The van der Waals surface area contributed by atoms with Crippen molar-refractivity contribution in [2.75, 3.05) is 26.3 Å². The van der Waals surface area contributed by atoms with E-state index < -0.39 is 33.1 Å². The van der Waals surface area contributed by atoms with Crippen LogP contribution in [0.5, 0.6) is 0 Å². The third-order valence-corrected chi connectivity index (χ3v) is 9.05. The van der Waals surface area contributed by atoms with Gasteiger partial charge in [-0.1, -0.05) is 23.7 Å². The van der Waals surface area contributed by atoms with E-state index >= 15 is 0 Å². The molecule has 3 fully saturated rings. The number of halogens is 1. The lowest BCUT2D eigenvalue weighted by Gasteiger charge is -2.47. The van der Waals surface area contributed by atoms with E-state index in [1.54, 1.807) is 12.1 Å². The lowest BCUT2D eigenvalue weighted by molar-refractivity contribution is -0.154. The fraction of sp³-hybridized carbons (Fsp3) is 0.600. The first-order valence-electron chi connectivity index (χ1n) is 10.2. The summed E-state index contributed by atoms with van der Waals surface area (Å²) in [6.45, 7) is 1.96. The van der Waals surface area contributed by atoms with Crippen molar-refractivity contribution >= 4 is 33.3 Å². The van der Waals surface area contributed by atoms with Crippen LogP contribution >= 0.6 is 11.6 Å². The molecule has 3 heterocycles. The highest BCUT2D eigenvalue weighted by atomic mass is 35.5. The minimum absolute atomic E-state index is 0.0254. The van der Waals surface area contributed by atoms with Gasteiger partial charge >= 0.3 is 5.97 Å². The summed E-state index contributed by atoms with van der Waals surface area (Å²) in [6, 6.07) is 4.81. The largest absolute Gasteiger partial charge is 0.480 e. The molecule has 0 aliphatic carbocycles. The molecular weight excluding hydrogens is 432 g/mol. The average Bonchev–Trinajstić information content (AvgIpc) is 3.15. The first kappa shape index (κ1) is 21.5. The van der Waals surface area contributed by atoms with Gasteiger partial charge in [0.15, 0.2) is 9.84 Å². The molecule has 0 saturated carbocycles. The molecule has 8 nitrogen and oxygen atoms in total. The average molecular weight is 457 g/mol. The summed E-state index contributed by atoms with van der Waals surface area (Å²) >= 11 is 6.08. The SMILES string of the molecule is O=C(O)[C@@H]1C[C@@H](S(=O)(=O)c2ccccc2Cl)CN1C(=O)C1CCN1C1CCOCC1. The lowest BCUT2D eigenvalue weighted by atomic mass is 9.94. The van der Waals surface area contributed by atoms with Crippen LogP contribution in [0.4, 0.5) is 0 Å². The summed E-state index contributed by atoms with van der Waals surface area (Å²) < 4.78 is 31.6. The summed E-state index contributed by atoms with van der Waals surface area (Å²) in [5.74, 6) is -1.48. The van der Waals surface area contributed by atoms with Gasteiger partial charge in [-0.05, 0) is 37.8 Å². The highest BCUT2D eigenvalue weighted by Crippen LogP contribution is 2.34. The monoisotopic (exact) mass is 456 g/mol. The Bertz CT molecular complexity index is 933. The summed E-state index contributed by atoms with van der Waals surface area (Å²) in [4.78, 5) is 28.4. The number of hydrogen-bond acceptors (Lipinski definition) is 6. The molecule has 1 unspecified atom stereocenters. The Morgan fingerprint density at radius 3 is 2.40 bits per heavy atom. The Morgan fingerprint density at radius 1 is 1.10 bits per heavy atom. The zero-order valence-electron chi connectivity index (χ0n) is 16.4. The van der Waals surface area contributed by atoms with Gasteiger partial charge in [0.2, 0.25) is 5.91 Å². The van der Waals surface area contributed by atoms with Crippen LogP contribution in [0.2, 0.25) is 5.02 Å². The van der Waals surface area contributed by atoms with Crippen LogP contribution in [0.1, 0.15) is 25.7 Å². The van der Waals surface area contributed by atoms with Crippen LogP contribution < -0.4 is 0 Å². The molecule has 0 spiro atoms. The fourth-order valence-corrected chi connectivity index (χ4v) is 6.89. The number of ether oxygens (including phenoxy) is 1. The first-order valence-corrected chi connectivity index (χ1v) is 12.1. The number of carbonyl (C=O) groups is 2. The quantitative estimate of drug-likeness (QED) is 0.714.